The summed E-state index contributed by atoms with van der Waals surface area (Å²) in [7, 11) is 0. The van der Waals surface area contributed by atoms with Crippen LogP contribution in [0.1, 0.15) is 26.3 Å². The van der Waals surface area contributed by atoms with Gasteiger partial charge in [0.15, 0.2) is 0 Å². The van der Waals surface area contributed by atoms with Crippen molar-refractivity contribution in [1.82, 2.24) is 0 Å². The van der Waals surface area contributed by atoms with Crippen LogP contribution in [0.3, 0.4) is 0 Å². The highest BCUT2D eigenvalue weighted by molar-refractivity contribution is 6.31. The second-order valence-electron chi connectivity index (χ2n) is 2.77. The summed E-state index contributed by atoms with van der Waals surface area (Å²) in [5.74, 6) is -5.29. The lowest BCUT2D eigenvalue weighted by Gasteiger charge is -2.15. The number of halogens is 3. The van der Waals surface area contributed by atoms with Gasteiger partial charge < -0.3 is 4.74 Å². The summed E-state index contributed by atoms with van der Waals surface area (Å²) in [6.07, 6.45) is 0. The van der Waals surface area contributed by atoms with Gasteiger partial charge in [-0.05, 0) is 13.0 Å². The van der Waals surface area contributed by atoms with Crippen LogP contribution < -0.4 is 0 Å². The summed E-state index contributed by atoms with van der Waals surface area (Å²) in [6, 6.07) is 5.28. The van der Waals surface area contributed by atoms with Crippen molar-refractivity contribution in [2.45, 2.75) is 26.7 Å². The first kappa shape index (κ1) is 15.8. The fraction of sp³-hybridized carbons (Fsp3) is 0.417. The van der Waals surface area contributed by atoms with Crippen molar-refractivity contribution in [2.24, 2.45) is 0 Å². The fourth-order valence-electron chi connectivity index (χ4n) is 1.05. The number of rotatable bonds is 3. The number of alkyl halides is 2. The van der Waals surface area contributed by atoms with E-state index in [1.807, 2.05) is 13.8 Å². The highest BCUT2D eigenvalue weighted by atomic mass is 35.5. The maximum absolute atomic E-state index is 13.4. The van der Waals surface area contributed by atoms with Crippen molar-refractivity contribution in [2.75, 3.05) is 6.61 Å². The lowest BCUT2D eigenvalue weighted by molar-refractivity contribution is -0.173. The summed E-state index contributed by atoms with van der Waals surface area (Å²) >= 11 is 5.57. The number of hydrogen-bond acceptors (Lipinski definition) is 2. The molecule has 0 spiro atoms. The van der Waals surface area contributed by atoms with Crippen molar-refractivity contribution in [3.63, 3.8) is 0 Å². The van der Waals surface area contributed by atoms with Gasteiger partial charge in [0.1, 0.15) is 0 Å². The van der Waals surface area contributed by atoms with Crippen LogP contribution in [0.15, 0.2) is 24.3 Å². The monoisotopic (exact) mass is 264 g/mol. The molecule has 96 valence electrons. The Hall–Kier alpha value is -1.16. The molecule has 0 atom stereocenters. The van der Waals surface area contributed by atoms with Gasteiger partial charge in [0.2, 0.25) is 0 Å². The Morgan fingerprint density at radius 2 is 1.88 bits per heavy atom. The van der Waals surface area contributed by atoms with Crippen LogP contribution in [0.2, 0.25) is 5.02 Å². The van der Waals surface area contributed by atoms with Gasteiger partial charge in [-0.1, -0.05) is 43.6 Å². The molecular formula is C12H15ClF2O2. The number of hydrogen-bond donors (Lipinski definition) is 0. The zero-order valence-corrected chi connectivity index (χ0v) is 10.7. The number of benzene rings is 1. The van der Waals surface area contributed by atoms with Crippen molar-refractivity contribution in [1.29, 1.82) is 0 Å². The quantitative estimate of drug-likeness (QED) is 0.771. The normalized spacial score (nSPS) is 10.2. The number of carbonyl (C=O) groups is 1. The molecule has 0 saturated carbocycles. The van der Waals surface area contributed by atoms with E-state index in [9.17, 15) is 13.6 Å². The Bertz CT molecular complexity index is 367. The molecule has 2 nitrogen and oxygen atoms in total. The van der Waals surface area contributed by atoms with Crippen LogP contribution in [0.5, 0.6) is 0 Å². The maximum atomic E-state index is 13.4. The van der Waals surface area contributed by atoms with Gasteiger partial charge >= 0.3 is 11.9 Å². The predicted octanol–water partition coefficient (Wildman–Crippen LogP) is 4.02. The van der Waals surface area contributed by atoms with Crippen LogP contribution in [0.4, 0.5) is 8.78 Å². The van der Waals surface area contributed by atoms with Crippen molar-refractivity contribution in [3.05, 3.63) is 34.9 Å². The van der Waals surface area contributed by atoms with Gasteiger partial charge in [0.05, 0.1) is 17.2 Å². The average Bonchev–Trinajstić information content (AvgIpc) is 2.32. The molecule has 0 aromatic heterocycles. The highest BCUT2D eigenvalue weighted by Crippen LogP contribution is 2.34. The summed E-state index contributed by atoms with van der Waals surface area (Å²) in [4.78, 5) is 11.0. The average molecular weight is 265 g/mol. The molecule has 1 aromatic carbocycles. The molecule has 0 unspecified atom stereocenters. The van der Waals surface area contributed by atoms with E-state index in [-0.39, 0.29) is 11.6 Å². The third-order valence-electron chi connectivity index (χ3n) is 1.74. The zero-order valence-electron chi connectivity index (χ0n) is 9.97. The molecule has 0 heterocycles. The largest absolute Gasteiger partial charge is 0.461 e. The lowest BCUT2D eigenvalue weighted by atomic mass is 10.1. The Balaban J connectivity index is 0.00000121. The van der Waals surface area contributed by atoms with E-state index in [4.69, 9.17) is 11.6 Å². The summed E-state index contributed by atoms with van der Waals surface area (Å²) in [6.45, 7) is 5.36. The first-order valence-corrected chi connectivity index (χ1v) is 5.68. The molecule has 0 amide bonds. The van der Waals surface area contributed by atoms with Gasteiger partial charge in [-0.25, -0.2) is 4.79 Å². The van der Waals surface area contributed by atoms with Gasteiger partial charge in [0.25, 0.3) is 0 Å². The molecule has 1 rings (SSSR count). The van der Waals surface area contributed by atoms with Gasteiger partial charge in [0, 0.05) is 0 Å². The topological polar surface area (TPSA) is 26.3 Å². The fourth-order valence-corrected chi connectivity index (χ4v) is 1.30. The third-order valence-corrected chi connectivity index (χ3v) is 2.07. The summed E-state index contributed by atoms with van der Waals surface area (Å²) < 4.78 is 31.1. The number of carbonyl (C=O) groups excluding carboxylic acids is 1. The van der Waals surface area contributed by atoms with E-state index >= 15 is 0 Å². The standard InChI is InChI=1S/C10H9ClF2O2.C2H6/c1-2-15-9(14)10(12,13)7-5-3-4-6-8(7)11;1-2/h3-6H,2H2,1H3;1-2H3. The summed E-state index contributed by atoms with van der Waals surface area (Å²) in [5.41, 5.74) is -0.537. The van der Waals surface area contributed by atoms with Crippen molar-refractivity contribution < 1.29 is 18.3 Å². The molecule has 0 bridgehead atoms. The molecule has 0 N–H and O–H groups in total. The first-order valence-electron chi connectivity index (χ1n) is 5.30. The maximum Gasteiger partial charge on any atom is 0.382 e. The van der Waals surface area contributed by atoms with Crippen molar-refractivity contribution >= 4 is 17.6 Å². The van der Waals surface area contributed by atoms with Crippen molar-refractivity contribution in [3.8, 4) is 0 Å². The second-order valence-corrected chi connectivity index (χ2v) is 3.18. The third kappa shape index (κ3) is 3.97. The molecule has 0 saturated heterocycles. The Labute approximate surface area is 105 Å². The summed E-state index contributed by atoms with van der Waals surface area (Å²) in [5, 5.41) is -0.157. The van der Waals surface area contributed by atoms with E-state index in [1.54, 1.807) is 0 Å². The SMILES string of the molecule is CC.CCOC(=O)C(F)(F)c1ccccc1Cl. The Morgan fingerprint density at radius 1 is 1.35 bits per heavy atom. The van der Waals surface area contributed by atoms with Crippen LogP contribution in [0.25, 0.3) is 0 Å². The molecule has 0 aliphatic carbocycles. The highest BCUT2D eigenvalue weighted by Gasteiger charge is 2.44. The van der Waals surface area contributed by atoms with E-state index in [1.165, 1.54) is 25.1 Å². The van der Waals surface area contributed by atoms with Crippen LogP contribution in [0, 0.1) is 0 Å². The zero-order chi connectivity index (χ0) is 13.5. The molecule has 0 aliphatic rings. The van der Waals surface area contributed by atoms with E-state index in [0.717, 1.165) is 6.07 Å². The molecular weight excluding hydrogens is 250 g/mol. The smallest absolute Gasteiger partial charge is 0.382 e. The Morgan fingerprint density at radius 3 is 2.35 bits per heavy atom. The lowest BCUT2D eigenvalue weighted by Crippen LogP contribution is -2.28. The minimum Gasteiger partial charge on any atom is -0.461 e. The molecule has 1 aromatic rings. The minimum atomic E-state index is -3.70. The predicted molar refractivity (Wildman–Crippen MR) is 63.3 cm³/mol. The van der Waals surface area contributed by atoms with Crippen LogP contribution in [-0.4, -0.2) is 12.6 Å². The van der Waals surface area contributed by atoms with Gasteiger partial charge in [-0.2, -0.15) is 8.78 Å². The molecule has 17 heavy (non-hydrogen) atoms. The van der Waals surface area contributed by atoms with E-state index in [2.05, 4.69) is 4.74 Å². The molecule has 0 fully saturated rings. The second kappa shape index (κ2) is 7.22. The molecule has 5 heteroatoms. The first-order chi connectivity index (χ1) is 8.00. The van der Waals surface area contributed by atoms with Gasteiger partial charge in [-0.15, -0.1) is 0 Å². The van der Waals surface area contributed by atoms with E-state index in [0.29, 0.717) is 0 Å². The van der Waals surface area contributed by atoms with E-state index < -0.39 is 17.5 Å². The van der Waals surface area contributed by atoms with Crippen LogP contribution in [-0.2, 0) is 15.5 Å². The Kier molecular flexibility index (Phi) is 6.73. The van der Waals surface area contributed by atoms with Gasteiger partial charge in [-0.3, -0.25) is 0 Å². The van der Waals surface area contributed by atoms with Crippen LogP contribution >= 0.6 is 11.6 Å². The minimum absolute atomic E-state index is 0.0983. The number of esters is 1. The molecule has 0 radical (unpaired) electrons. The molecule has 0 aliphatic heterocycles. The number of ether oxygens (including phenoxy) is 1.